The SMILES string of the molecule is CCCCOCC1(c2ccc(C)cc2C)CO1. The summed E-state index contributed by atoms with van der Waals surface area (Å²) in [7, 11) is 0. The Morgan fingerprint density at radius 2 is 2.12 bits per heavy atom. The number of unbranched alkanes of at least 4 members (excludes halogenated alkanes) is 1. The van der Waals surface area contributed by atoms with Crippen LogP contribution in [0.15, 0.2) is 18.2 Å². The molecular weight excluding hydrogens is 212 g/mol. The Morgan fingerprint density at radius 3 is 2.71 bits per heavy atom. The molecule has 1 saturated heterocycles. The van der Waals surface area contributed by atoms with E-state index in [-0.39, 0.29) is 5.60 Å². The highest BCUT2D eigenvalue weighted by Crippen LogP contribution is 2.40. The molecule has 0 amide bonds. The van der Waals surface area contributed by atoms with Crippen molar-refractivity contribution in [2.75, 3.05) is 19.8 Å². The topological polar surface area (TPSA) is 21.8 Å². The quantitative estimate of drug-likeness (QED) is 0.556. The van der Waals surface area contributed by atoms with Gasteiger partial charge in [-0.25, -0.2) is 0 Å². The van der Waals surface area contributed by atoms with Crippen LogP contribution in [0.4, 0.5) is 0 Å². The van der Waals surface area contributed by atoms with Crippen molar-refractivity contribution in [1.29, 1.82) is 0 Å². The van der Waals surface area contributed by atoms with E-state index in [0.717, 1.165) is 19.6 Å². The summed E-state index contributed by atoms with van der Waals surface area (Å²) in [6.45, 7) is 8.77. The Hall–Kier alpha value is -0.860. The van der Waals surface area contributed by atoms with E-state index in [2.05, 4.69) is 39.0 Å². The van der Waals surface area contributed by atoms with Crippen LogP contribution < -0.4 is 0 Å². The third-order valence-corrected chi connectivity index (χ3v) is 3.34. The van der Waals surface area contributed by atoms with Crippen LogP contribution in [0.5, 0.6) is 0 Å². The lowest BCUT2D eigenvalue weighted by Crippen LogP contribution is -2.19. The fourth-order valence-corrected chi connectivity index (χ4v) is 2.21. The fourth-order valence-electron chi connectivity index (χ4n) is 2.21. The van der Waals surface area contributed by atoms with E-state index in [4.69, 9.17) is 9.47 Å². The van der Waals surface area contributed by atoms with Crippen molar-refractivity contribution < 1.29 is 9.47 Å². The van der Waals surface area contributed by atoms with Crippen molar-refractivity contribution in [2.24, 2.45) is 0 Å². The van der Waals surface area contributed by atoms with Crippen LogP contribution >= 0.6 is 0 Å². The molecule has 94 valence electrons. The van der Waals surface area contributed by atoms with Gasteiger partial charge in [0.25, 0.3) is 0 Å². The van der Waals surface area contributed by atoms with Crippen LogP contribution in [0.3, 0.4) is 0 Å². The van der Waals surface area contributed by atoms with E-state index in [0.29, 0.717) is 6.61 Å². The molecular formula is C15H22O2. The van der Waals surface area contributed by atoms with Gasteiger partial charge in [0, 0.05) is 6.61 Å². The average Bonchev–Trinajstić information content (AvgIpc) is 3.05. The summed E-state index contributed by atoms with van der Waals surface area (Å²) in [5.41, 5.74) is 3.75. The molecule has 1 fully saturated rings. The van der Waals surface area contributed by atoms with E-state index in [1.807, 2.05) is 0 Å². The summed E-state index contributed by atoms with van der Waals surface area (Å²) in [5.74, 6) is 0. The highest BCUT2D eigenvalue weighted by Gasteiger charge is 2.47. The molecule has 1 heterocycles. The van der Waals surface area contributed by atoms with E-state index >= 15 is 0 Å². The van der Waals surface area contributed by atoms with E-state index < -0.39 is 0 Å². The maximum Gasteiger partial charge on any atom is 0.140 e. The molecule has 17 heavy (non-hydrogen) atoms. The molecule has 1 aromatic carbocycles. The Labute approximate surface area is 104 Å². The molecule has 2 rings (SSSR count). The largest absolute Gasteiger partial charge is 0.378 e. The van der Waals surface area contributed by atoms with Gasteiger partial charge in [0.1, 0.15) is 5.60 Å². The summed E-state index contributed by atoms with van der Waals surface area (Å²) in [5, 5.41) is 0. The monoisotopic (exact) mass is 234 g/mol. The standard InChI is InChI=1S/C15H22O2/c1-4-5-8-16-10-15(11-17-15)14-7-6-12(2)9-13(14)3/h6-7,9H,4-5,8,10-11H2,1-3H3. The minimum absolute atomic E-state index is 0.147. The maximum absolute atomic E-state index is 5.72. The predicted molar refractivity (Wildman–Crippen MR) is 69.3 cm³/mol. The Balaban J connectivity index is 2.00. The molecule has 0 saturated carbocycles. The van der Waals surface area contributed by atoms with Gasteiger partial charge in [-0.3, -0.25) is 0 Å². The summed E-state index contributed by atoms with van der Waals surface area (Å²) < 4.78 is 11.4. The zero-order valence-electron chi connectivity index (χ0n) is 11.1. The number of hydrogen-bond acceptors (Lipinski definition) is 2. The van der Waals surface area contributed by atoms with Crippen LogP contribution in [0.1, 0.15) is 36.5 Å². The number of aryl methyl sites for hydroxylation is 2. The van der Waals surface area contributed by atoms with Crippen molar-refractivity contribution in [3.8, 4) is 0 Å². The van der Waals surface area contributed by atoms with Crippen molar-refractivity contribution in [3.05, 3.63) is 34.9 Å². The van der Waals surface area contributed by atoms with Crippen LogP contribution in [0.25, 0.3) is 0 Å². The lowest BCUT2D eigenvalue weighted by molar-refractivity contribution is 0.0755. The lowest BCUT2D eigenvalue weighted by atomic mass is 9.94. The zero-order valence-corrected chi connectivity index (χ0v) is 11.1. The molecule has 1 aromatic rings. The van der Waals surface area contributed by atoms with Crippen molar-refractivity contribution >= 4 is 0 Å². The predicted octanol–water partition coefficient (Wildman–Crippen LogP) is 3.35. The second-order valence-corrected chi connectivity index (χ2v) is 5.01. The molecule has 1 atom stereocenters. The Kier molecular flexibility index (Phi) is 3.85. The minimum atomic E-state index is -0.147. The lowest BCUT2D eigenvalue weighted by Gasteiger charge is -2.15. The molecule has 0 aromatic heterocycles. The van der Waals surface area contributed by atoms with Gasteiger partial charge in [-0.2, -0.15) is 0 Å². The Morgan fingerprint density at radius 1 is 1.35 bits per heavy atom. The van der Waals surface area contributed by atoms with E-state index in [9.17, 15) is 0 Å². The highest BCUT2D eigenvalue weighted by molar-refractivity contribution is 5.37. The van der Waals surface area contributed by atoms with Gasteiger partial charge in [0.2, 0.25) is 0 Å². The summed E-state index contributed by atoms with van der Waals surface area (Å²) in [6.07, 6.45) is 2.31. The number of ether oxygens (including phenoxy) is 2. The van der Waals surface area contributed by atoms with Gasteiger partial charge in [0.05, 0.1) is 13.2 Å². The minimum Gasteiger partial charge on any atom is -0.378 e. The van der Waals surface area contributed by atoms with Gasteiger partial charge in [-0.05, 0) is 31.4 Å². The molecule has 0 bridgehead atoms. The molecule has 0 spiro atoms. The normalized spacial score (nSPS) is 22.8. The first kappa shape index (κ1) is 12.6. The molecule has 1 unspecified atom stereocenters. The molecule has 1 aliphatic heterocycles. The summed E-state index contributed by atoms with van der Waals surface area (Å²) in [6, 6.07) is 6.55. The smallest absolute Gasteiger partial charge is 0.140 e. The number of benzene rings is 1. The molecule has 0 radical (unpaired) electrons. The van der Waals surface area contributed by atoms with Crippen LogP contribution in [0.2, 0.25) is 0 Å². The number of rotatable bonds is 6. The van der Waals surface area contributed by atoms with Gasteiger partial charge in [-0.1, -0.05) is 37.1 Å². The number of hydrogen-bond donors (Lipinski definition) is 0. The third-order valence-electron chi connectivity index (χ3n) is 3.34. The van der Waals surface area contributed by atoms with Gasteiger partial charge in [-0.15, -0.1) is 0 Å². The van der Waals surface area contributed by atoms with Crippen molar-refractivity contribution in [1.82, 2.24) is 0 Å². The molecule has 0 aliphatic carbocycles. The van der Waals surface area contributed by atoms with Gasteiger partial charge < -0.3 is 9.47 Å². The van der Waals surface area contributed by atoms with E-state index in [1.54, 1.807) is 0 Å². The van der Waals surface area contributed by atoms with E-state index in [1.165, 1.54) is 23.1 Å². The molecule has 2 nitrogen and oxygen atoms in total. The van der Waals surface area contributed by atoms with Crippen LogP contribution in [0, 0.1) is 13.8 Å². The Bertz CT molecular complexity index is 381. The second-order valence-electron chi connectivity index (χ2n) is 5.01. The second kappa shape index (κ2) is 5.19. The van der Waals surface area contributed by atoms with Crippen LogP contribution in [-0.2, 0) is 15.1 Å². The van der Waals surface area contributed by atoms with Gasteiger partial charge >= 0.3 is 0 Å². The summed E-state index contributed by atoms with van der Waals surface area (Å²) >= 11 is 0. The first-order valence-electron chi connectivity index (χ1n) is 6.47. The highest BCUT2D eigenvalue weighted by atomic mass is 16.6. The fraction of sp³-hybridized carbons (Fsp3) is 0.600. The van der Waals surface area contributed by atoms with Crippen LogP contribution in [-0.4, -0.2) is 19.8 Å². The molecule has 0 N–H and O–H groups in total. The summed E-state index contributed by atoms with van der Waals surface area (Å²) in [4.78, 5) is 0. The first-order chi connectivity index (χ1) is 8.18. The zero-order chi connectivity index (χ0) is 12.3. The molecule has 2 heteroatoms. The maximum atomic E-state index is 5.72. The molecule has 1 aliphatic rings. The first-order valence-corrected chi connectivity index (χ1v) is 6.47. The number of epoxide rings is 1. The average molecular weight is 234 g/mol. The van der Waals surface area contributed by atoms with Crippen molar-refractivity contribution in [2.45, 2.75) is 39.2 Å². The van der Waals surface area contributed by atoms with Gasteiger partial charge in [0.15, 0.2) is 0 Å². The third kappa shape index (κ3) is 2.88. The van der Waals surface area contributed by atoms with Crippen molar-refractivity contribution in [3.63, 3.8) is 0 Å².